The summed E-state index contributed by atoms with van der Waals surface area (Å²) in [5, 5.41) is 4.21. The summed E-state index contributed by atoms with van der Waals surface area (Å²) in [5.74, 6) is 0.380. The van der Waals surface area contributed by atoms with Gasteiger partial charge in [0.2, 0.25) is 5.91 Å². The molecule has 1 N–H and O–H groups in total. The van der Waals surface area contributed by atoms with Gasteiger partial charge in [0.1, 0.15) is 22.7 Å². The monoisotopic (exact) mass is 512 g/mol. The van der Waals surface area contributed by atoms with Crippen molar-refractivity contribution in [3.05, 3.63) is 77.6 Å². The number of ether oxygens (including phenoxy) is 1. The maximum absolute atomic E-state index is 12.6. The van der Waals surface area contributed by atoms with E-state index in [1.165, 1.54) is 43.4 Å². The number of carbonyl (C=O) groups is 1. The number of aromatic nitrogens is 2. The number of carbonyl (C=O) groups excluding carboxylic acids is 1. The molecular formula is C24H21ClN4O5S. The van der Waals surface area contributed by atoms with Gasteiger partial charge in [0.05, 0.1) is 12.8 Å². The smallest absolute Gasteiger partial charge is 0.264 e. The highest BCUT2D eigenvalue weighted by Crippen LogP contribution is 2.37. The molecule has 0 spiro atoms. The number of hydrogen-bond donors (Lipinski definition) is 1. The first-order valence-electron chi connectivity index (χ1n) is 10.3. The van der Waals surface area contributed by atoms with Gasteiger partial charge in [-0.3, -0.25) is 14.4 Å². The summed E-state index contributed by atoms with van der Waals surface area (Å²) in [7, 11) is -2.43. The zero-order valence-corrected chi connectivity index (χ0v) is 20.6. The maximum Gasteiger partial charge on any atom is 0.264 e. The highest BCUT2D eigenvalue weighted by atomic mass is 35.5. The predicted molar refractivity (Wildman–Crippen MR) is 133 cm³/mol. The molecule has 4 aromatic rings. The molecule has 0 unspecified atom stereocenters. The molecular weight excluding hydrogens is 492 g/mol. The van der Waals surface area contributed by atoms with Gasteiger partial charge in [0, 0.05) is 24.2 Å². The number of sulfonamides is 1. The number of nitrogens with zero attached hydrogens (tertiary/aromatic N) is 3. The topological polar surface area (TPSA) is 115 Å². The first-order chi connectivity index (χ1) is 16.7. The van der Waals surface area contributed by atoms with Gasteiger partial charge < -0.3 is 9.26 Å². The van der Waals surface area contributed by atoms with Crippen LogP contribution in [0.2, 0.25) is 5.02 Å². The number of amides is 1. The Balaban J connectivity index is 1.68. The Hall–Kier alpha value is -3.89. The quantitative estimate of drug-likeness (QED) is 0.362. The SMILES string of the molecule is COc1cc(-c2ccc(Cl)c(C)c2)ccc1N(C(C)=O)c1ccc(S(=O)(=O)Nc2ccon2)cn1. The molecule has 0 fully saturated rings. The lowest BCUT2D eigenvalue weighted by Gasteiger charge is -2.23. The molecule has 0 saturated heterocycles. The van der Waals surface area contributed by atoms with E-state index in [-0.39, 0.29) is 22.4 Å². The van der Waals surface area contributed by atoms with Gasteiger partial charge in [0.25, 0.3) is 10.0 Å². The minimum atomic E-state index is -3.94. The third-order valence-corrected chi connectivity index (χ3v) is 6.93. The lowest BCUT2D eigenvalue weighted by molar-refractivity contribution is -0.115. The number of rotatable bonds is 7. The fourth-order valence-corrected chi connectivity index (χ4v) is 4.50. The molecule has 35 heavy (non-hydrogen) atoms. The summed E-state index contributed by atoms with van der Waals surface area (Å²) in [4.78, 5) is 18.1. The van der Waals surface area contributed by atoms with Crippen LogP contribution in [0, 0.1) is 6.92 Å². The van der Waals surface area contributed by atoms with Crippen molar-refractivity contribution in [2.45, 2.75) is 18.7 Å². The van der Waals surface area contributed by atoms with E-state index in [9.17, 15) is 13.2 Å². The van der Waals surface area contributed by atoms with E-state index in [0.29, 0.717) is 16.5 Å². The van der Waals surface area contributed by atoms with Crippen LogP contribution < -0.4 is 14.4 Å². The Kier molecular flexibility index (Phi) is 6.77. The van der Waals surface area contributed by atoms with E-state index in [2.05, 4.69) is 19.4 Å². The van der Waals surface area contributed by atoms with Crippen molar-refractivity contribution in [1.82, 2.24) is 10.1 Å². The second-order valence-electron chi connectivity index (χ2n) is 7.55. The van der Waals surface area contributed by atoms with Gasteiger partial charge >= 0.3 is 0 Å². The largest absolute Gasteiger partial charge is 0.495 e. The fourth-order valence-electron chi connectivity index (χ4n) is 3.45. The number of benzene rings is 2. The summed E-state index contributed by atoms with van der Waals surface area (Å²) in [5.41, 5.74) is 3.22. The van der Waals surface area contributed by atoms with Crippen LogP contribution in [-0.4, -0.2) is 31.6 Å². The predicted octanol–water partition coefficient (Wildman–Crippen LogP) is 5.19. The molecule has 0 aliphatic carbocycles. The maximum atomic E-state index is 12.6. The third-order valence-electron chi connectivity index (χ3n) is 5.16. The van der Waals surface area contributed by atoms with Gasteiger partial charge in [-0.25, -0.2) is 13.4 Å². The minimum absolute atomic E-state index is 0.0418. The molecule has 2 aromatic carbocycles. The number of hydrogen-bond acceptors (Lipinski definition) is 7. The Labute approximate surface area is 207 Å². The molecule has 2 aromatic heterocycles. The van der Waals surface area contributed by atoms with Crippen molar-refractivity contribution < 1.29 is 22.5 Å². The van der Waals surface area contributed by atoms with Gasteiger partial charge in [-0.05, 0) is 60.0 Å². The van der Waals surface area contributed by atoms with Crippen LogP contribution in [0.1, 0.15) is 12.5 Å². The van der Waals surface area contributed by atoms with Crippen LogP contribution in [0.15, 0.2) is 76.5 Å². The lowest BCUT2D eigenvalue weighted by atomic mass is 10.0. The van der Waals surface area contributed by atoms with Crippen LogP contribution in [0.5, 0.6) is 5.75 Å². The third kappa shape index (κ3) is 5.13. The summed E-state index contributed by atoms with van der Waals surface area (Å²) >= 11 is 6.15. The molecule has 1 amide bonds. The first kappa shape index (κ1) is 24.2. The standard InChI is InChI=1S/C24H21ClN4O5S/c1-15-12-17(4-7-20(15)25)18-5-8-21(22(13-18)33-3)29(16(2)30)24-9-6-19(14-26-24)35(31,32)28-23-10-11-34-27-23/h4-14H,1-3H3,(H,27,28). The van der Waals surface area contributed by atoms with Crippen LogP contribution in [0.4, 0.5) is 17.3 Å². The Bertz CT molecular complexity index is 1470. The van der Waals surface area contributed by atoms with E-state index in [1.807, 2.05) is 37.3 Å². The lowest BCUT2D eigenvalue weighted by Crippen LogP contribution is -2.24. The molecule has 0 radical (unpaired) electrons. The van der Waals surface area contributed by atoms with Crippen LogP contribution in [0.3, 0.4) is 0 Å². The molecule has 0 bridgehead atoms. The molecule has 0 saturated carbocycles. The summed E-state index contributed by atoms with van der Waals surface area (Å²) in [6.45, 7) is 3.31. The Morgan fingerprint density at radius 2 is 1.83 bits per heavy atom. The van der Waals surface area contributed by atoms with E-state index in [4.69, 9.17) is 16.3 Å². The highest BCUT2D eigenvalue weighted by molar-refractivity contribution is 7.92. The molecule has 180 valence electrons. The van der Waals surface area contributed by atoms with E-state index in [1.54, 1.807) is 6.07 Å². The van der Waals surface area contributed by atoms with Crippen molar-refractivity contribution in [2.75, 3.05) is 16.7 Å². The van der Waals surface area contributed by atoms with E-state index < -0.39 is 10.0 Å². The molecule has 11 heteroatoms. The van der Waals surface area contributed by atoms with Crippen molar-refractivity contribution in [2.24, 2.45) is 0 Å². The van der Waals surface area contributed by atoms with Crippen molar-refractivity contribution in [3.63, 3.8) is 0 Å². The molecule has 0 aliphatic heterocycles. The zero-order valence-electron chi connectivity index (χ0n) is 19.0. The first-order valence-corrected chi connectivity index (χ1v) is 12.2. The molecule has 9 nitrogen and oxygen atoms in total. The minimum Gasteiger partial charge on any atom is -0.495 e. The number of anilines is 3. The van der Waals surface area contributed by atoms with E-state index in [0.717, 1.165) is 22.9 Å². The van der Waals surface area contributed by atoms with Crippen LogP contribution in [0.25, 0.3) is 11.1 Å². The average molecular weight is 513 g/mol. The molecule has 4 rings (SSSR count). The van der Waals surface area contributed by atoms with Gasteiger partial charge in [-0.1, -0.05) is 28.9 Å². The Morgan fingerprint density at radius 3 is 2.43 bits per heavy atom. The van der Waals surface area contributed by atoms with Crippen molar-refractivity contribution in [3.8, 4) is 16.9 Å². The highest BCUT2D eigenvalue weighted by Gasteiger charge is 2.22. The number of methoxy groups -OCH3 is 1. The van der Waals surface area contributed by atoms with E-state index >= 15 is 0 Å². The van der Waals surface area contributed by atoms with Crippen molar-refractivity contribution >= 4 is 44.9 Å². The molecule has 2 heterocycles. The number of pyridine rings is 1. The summed E-state index contributed by atoms with van der Waals surface area (Å²) < 4.78 is 37.6. The van der Waals surface area contributed by atoms with Crippen LogP contribution >= 0.6 is 11.6 Å². The zero-order chi connectivity index (χ0) is 25.2. The van der Waals surface area contributed by atoms with Crippen LogP contribution in [-0.2, 0) is 14.8 Å². The van der Waals surface area contributed by atoms with Gasteiger partial charge in [0.15, 0.2) is 5.82 Å². The van der Waals surface area contributed by atoms with Gasteiger partial charge in [-0.15, -0.1) is 0 Å². The average Bonchev–Trinajstić information content (AvgIpc) is 3.33. The number of halogens is 1. The van der Waals surface area contributed by atoms with Gasteiger partial charge in [-0.2, -0.15) is 0 Å². The normalized spacial score (nSPS) is 11.2. The molecule has 0 atom stereocenters. The second-order valence-corrected chi connectivity index (χ2v) is 9.64. The fraction of sp³-hybridized carbons (Fsp3) is 0.125. The summed E-state index contributed by atoms with van der Waals surface area (Å²) in [6.07, 6.45) is 2.40. The molecule has 0 aliphatic rings. The number of aryl methyl sites for hydroxylation is 1. The second kappa shape index (κ2) is 9.77. The summed E-state index contributed by atoms with van der Waals surface area (Å²) in [6, 6.07) is 15.3. The Morgan fingerprint density at radius 1 is 1.09 bits per heavy atom. The van der Waals surface area contributed by atoms with Crippen molar-refractivity contribution in [1.29, 1.82) is 0 Å². The number of nitrogens with one attached hydrogen (secondary N) is 1.